The number of pyridine rings is 1. The van der Waals surface area contributed by atoms with Crippen LogP contribution in [0.15, 0.2) is 42.6 Å². The minimum Gasteiger partial charge on any atom is -0.312 e. The van der Waals surface area contributed by atoms with E-state index in [0.717, 1.165) is 12.1 Å². The fourth-order valence-corrected chi connectivity index (χ4v) is 3.44. The minimum atomic E-state index is -0.375. The number of amides is 3. The molecule has 2 aliphatic rings. The summed E-state index contributed by atoms with van der Waals surface area (Å²) in [5.41, 5.74) is 2.69. The average Bonchev–Trinajstić information content (AvgIpc) is 3.17. The van der Waals surface area contributed by atoms with Crippen LogP contribution in [0.2, 0.25) is 0 Å². The van der Waals surface area contributed by atoms with Crippen LogP contribution in [0.25, 0.3) is 0 Å². The molecule has 1 aromatic heterocycles. The zero-order valence-electron chi connectivity index (χ0n) is 13.6. The molecule has 0 N–H and O–H groups in total. The summed E-state index contributed by atoms with van der Waals surface area (Å²) in [7, 11) is 0. The van der Waals surface area contributed by atoms with Gasteiger partial charge in [-0.15, -0.1) is 0 Å². The maximum absolute atomic E-state index is 12.5. The van der Waals surface area contributed by atoms with Gasteiger partial charge in [0.25, 0.3) is 11.8 Å². The average molecular weight is 335 g/mol. The van der Waals surface area contributed by atoms with Crippen LogP contribution in [0, 0.1) is 0 Å². The lowest BCUT2D eigenvalue weighted by Gasteiger charge is -2.18. The number of carbonyl (C=O) groups excluding carboxylic acids is 3. The van der Waals surface area contributed by atoms with Gasteiger partial charge in [0.2, 0.25) is 5.91 Å². The summed E-state index contributed by atoms with van der Waals surface area (Å²) in [5.74, 6) is -0.675. The van der Waals surface area contributed by atoms with E-state index in [1.807, 2.05) is 24.3 Å². The van der Waals surface area contributed by atoms with E-state index in [1.54, 1.807) is 17.0 Å². The van der Waals surface area contributed by atoms with Gasteiger partial charge in [-0.25, -0.2) is 0 Å². The SMILES string of the molecule is O=C1c2cccnc2C(=O)N1CCCC(=O)N1CCc2ccccc21. The highest BCUT2D eigenvalue weighted by Crippen LogP contribution is 2.28. The molecule has 0 bridgehead atoms. The van der Waals surface area contributed by atoms with Gasteiger partial charge >= 0.3 is 0 Å². The summed E-state index contributed by atoms with van der Waals surface area (Å²) in [5, 5.41) is 0. The Morgan fingerprint density at radius 2 is 1.92 bits per heavy atom. The molecule has 6 heteroatoms. The van der Waals surface area contributed by atoms with Crippen molar-refractivity contribution in [1.82, 2.24) is 9.88 Å². The highest BCUT2D eigenvalue weighted by atomic mass is 16.2. The molecular formula is C19H17N3O3. The first-order valence-electron chi connectivity index (χ1n) is 8.36. The highest BCUT2D eigenvalue weighted by molar-refractivity contribution is 6.20. The van der Waals surface area contributed by atoms with E-state index < -0.39 is 0 Å². The van der Waals surface area contributed by atoms with E-state index >= 15 is 0 Å². The first-order valence-corrected chi connectivity index (χ1v) is 8.36. The molecule has 0 saturated carbocycles. The second-order valence-corrected chi connectivity index (χ2v) is 6.19. The molecular weight excluding hydrogens is 318 g/mol. The van der Waals surface area contributed by atoms with Gasteiger partial charge in [-0.3, -0.25) is 24.3 Å². The fraction of sp³-hybridized carbons (Fsp3) is 0.263. The van der Waals surface area contributed by atoms with Gasteiger partial charge < -0.3 is 4.90 Å². The van der Waals surface area contributed by atoms with E-state index in [0.29, 0.717) is 24.9 Å². The molecule has 0 spiro atoms. The molecule has 6 nitrogen and oxygen atoms in total. The van der Waals surface area contributed by atoms with Crippen molar-refractivity contribution in [2.45, 2.75) is 19.3 Å². The van der Waals surface area contributed by atoms with Crippen molar-refractivity contribution in [2.75, 3.05) is 18.0 Å². The van der Waals surface area contributed by atoms with Crippen molar-refractivity contribution >= 4 is 23.4 Å². The number of rotatable bonds is 4. The monoisotopic (exact) mass is 335 g/mol. The van der Waals surface area contributed by atoms with Crippen LogP contribution in [0.1, 0.15) is 39.3 Å². The molecule has 0 aliphatic carbocycles. The molecule has 3 amide bonds. The van der Waals surface area contributed by atoms with Gasteiger partial charge in [-0.05, 0) is 36.6 Å². The Morgan fingerprint density at radius 3 is 2.76 bits per heavy atom. The number of fused-ring (bicyclic) bond motifs is 2. The smallest absolute Gasteiger partial charge is 0.280 e. The molecule has 4 rings (SSSR count). The van der Waals surface area contributed by atoms with E-state index in [-0.39, 0.29) is 30.0 Å². The first-order chi connectivity index (χ1) is 12.2. The molecule has 2 aliphatic heterocycles. The largest absolute Gasteiger partial charge is 0.312 e. The van der Waals surface area contributed by atoms with Crippen LogP contribution >= 0.6 is 0 Å². The van der Waals surface area contributed by atoms with Crippen LogP contribution in [0.4, 0.5) is 5.69 Å². The molecule has 2 aromatic rings. The van der Waals surface area contributed by atoms with Crippen molar-refractivity contribution in [2.24, 2.45) is 0 Å². The Bertz CT molecular complexity index is 843. The van der Waals surface area contributed by atoms with E-state index in [4.69, 9.17) is 0 Å². The quantitative estimate of drug-likeness (QED) is 0.802. The van der Waals surface area contributed by atoms with Crippen LogP contribution in [0.5, 0.6) is 0 Å². The van der Waals surface area contributed by atoms with Crippen LogP contribution in [-0.4, -0.2) is 40.7 Å². The van der Waals surface area contributed by atoms with Crippen molar-refractivity contribution < 1.29 is 14.4 Å². The van der Waals surface area contributed by atoms with Gasteiger partial charge in [0.05, 0.1) is 5.56 Å². The first kappa shape index (κ1) is 15.5. The molecule has 1 aromatic carbocycles. The Kier molecular flexibility index (Phi) is 3.80. The second-order valence-electron chi connectivity index (χ2n) is 6.19. The van der Waals surface area contributed by atoms with Gasteiger partial charge in [0, 0.05) is 31.4 Å². The van der Waals surface area contributed by atoms with Crippen LogP contribution < -0.4 is 4.90 Å². The second kappa shape index (κ2) is 6.12. The lowest BCUT2D eigenvalue weighted by Crippen LogP contribution is -2.33. The van der Waals surface area contributed by atoms with Crippen LogP contribution in [0.3, 0.4) is 0 Å². The predicted octanol–water partition coefficient (Wildman–Crippen LogP) is 2.05. The van der Waals surface area contributed by atoms with Crippen molar-refractivity contribution in [1.29, 1.82) is 0 Å². The Balaban J connectivity index is 1.37. The minimum absolute atomic E-state index is 0.0275. The number of anilines is 1. The third kappa shape index (κ3) is 2.59. The lowest BCUT2D eigenvalue weighted by molar-refractivity contribution is -0.118. The fourth-order valence-electron chi connectivity index (χ4n) is 3.44. The van der Waals surface area contributed by atoms with Gasteiger partial charge in [0.15, 0.2) is 0 Å². The summed E-state index contributed by atoms with van der Waals surface area (Å²) in [6.45, 7) is 0.921. The standard InChI is InChI=1S/C19H17N3O3/c23-16(21-12-9-13-5-1-2-7-15(13)21)8-4-11-22-18(24)14-6-3-10-20-17(14)19(22)25/h1-3,5-7,10H,4,8-9,11-12H2. The van der Waals surface area contributed by atoms with Crippen molar-refractivity contribution in [3.63, 3.8) is 0 Å². The van der Waals surface area contributed by atoms with Gasteiger partial charge in [0.1, 0.15) is 5.69 Å². The van der Waals surface area contributed by atoms with E-state index in [2.05, 4.69) is 4.98 Å². The maximum atomic E-state index is 12.5. The number of hydrogen-bond donors (Lipinski definition) is 0. The third-order valence-electron chi connectivity index (χ3n) is 4.69. The van der Waals surface area contributed by atoms with E-state index in [9.17, 15) is 14.4 Å². The number of nitrogens with zero attached hydrogens (tertiary/aromatic N) is 3. The lowest BCUT2D eigenvalue weighted by atomic mass is 10.2. The zero-order chi connectivity index (χ0) is 17.4. The Morgan fingerprint density at radius 1 is 1.08 bits per heavy atom. The number of aromatic nitrogens is 1. The Hall–Kier alpha value is -3.02. The topological polar surface area (TPSA) is 70.6 Å². The van der Waals surface area contributed by atoms with E-state index in [1.165, 1.54) is 16.7 Å². The number of hydrogen-bond acceptors (Lipinski definition) is 4. The maximum Gasteiger partial charge on any atom is 0.280 e. The summed E-state index contributed by atoms with van der Waals surface area (Å²) >= 11 is 0. The summed E-state index contributed by atoms with van der Waals surface area (Å²) in [6, 6.07) is 11.1. The predicted molar refractivity (Wildman–Crippen MR) is 91.3 cm³/mol. The molecule has 25 heavy (non-hydrogen) atoms. The number of carbonyl (C=O) groups is 3. The summed E-state index contributed by atoms with van der Waals surface area (Å²) in [6.07, 6.45) is 3.12. The number of para-hydroxylation sites is 1. The normalized spacial score (nSPS) is 15.5. The highest BCUT2D eigenvalue weighted by Gasteiger charge is 2.36. The molecule has 3 heterocycles. The summed E-state index contributed by atoms with van der Waals surface area (Å²) < 4.78 is 0. The number of benzene rings is 1. The third-order valence-corrected chi connectivity index (χ3v) is 4.69. The van der Waals surface area contributed by atoms with Crippen molar-refractivity contribution in [3.05, 3.63) is 59.4 Å². The molecule has 0 saturated heterocycles. The molecule has 0 radical (unpaired) electrons. The molecule has 0 atom stereocenters. The van der Waals surface area contributed by atoms with Gasteiger partial charge in [-0.1, -0.05) is 18.2 Å². The van der Waals surface area contributed by atoms with Gasteiger partial charge in [-0.2, -0.15) is 0 Å². The summed E-state index contributed by atoms with van der Waals surface area (Å²) in [4.78, 5) is 44.0. The molecule has 0 fully saturated rings. The zero-order valence-corrected chi connectivity index (χ0v) is 13.6. The van der Waals surface area contributed by atoms with Crippen LogP contribution in [-0.2, 0) is 11.2 Å². The number of imide groups is 1. The molecule has 126 valence electrons. The van der Waals surface area contributed by atoms with Crippen molar-refractivity contribution in [3.8, 4) is 0 Å². The molecule has 0 unspecified atom stereocenters. The Labute approximate surface area is 145 Å².